The Hall–Kier alpha value is -3.76. The van der Waals surface area contributed by atoms with Crippen LogP contribution in [0.2, 0.25) is 0 Å². The van der Waals surface area contributed by atoms with E-state index in [-0.39, 0.29) is 55.2 Å². The highest BCUT2D eigenvalue weighted by Gasteiger charge is 2.44. The van der Waals surface area contributed by atoms with Gasteiger partial charge in [0.25, 0.3) is 11.8 Å². The van der Waals surface area contributed by atoms with E-state index in [0.29, 0.717) is 23.8 Å². The summed E-state index contributed by atoms with van der Waals surface area (Å²) in [5.41, 5.74) is 1.27. The number of phenolic OH excluding ortho intramolecular Hbond substituents is 1. The van der Waals surface area contributed by atoms with E-state index in [4.69, 9.17) is 0 Å². The molecule has 2 saturated heterocycles. The van der Waals surface area contributed by atoms with Crippen LogP contribution in [-0.4, -0.2) is 75.5 Å². The molecule has 2 aliphatic rings. The number of aldehydes is 1. The molecular weight excluding hydrogens is 456 g/mol. The fourth-order valence-electron chi connectivity index (χ4n) is 4.46. The second-order valence-corrected chi connectivity index (χ2v) is 9.04. The lowest BCUT2D eigenvalue weighted by Crippen LogP contribution is -2.64. The number of hydrogen-bond acceptors (Lipinski definition) is 7. The maximum atomic E-state index is 13.5. The number of nitrogens with one attached hydrogen (secondary N) is 2. The molecule has 0 bridgehead atoms. The van der Waals surface area contributed by atoms with E-state index in [1.165, 1.54) is 24.1 Å². The molecule has 2 fully saturated rings. The van der Waals surface area contributed by atoms with E-state index in [1.54, 1.807) is 13.8 Å². The van der Waals surface area contributed by atoms with Crippen molar-refractivity contribution in [1.29, 1.82) is 0 Å². The fourth-order valence-corrected chi connectivity index (χ4v) is 4.46. The quantitative estimate of drug-likeness (QED) is 0.469. The third-order valence-corrected chi connectivity index (χ3v) is 6.22. The van der Waals surface area contributed by atoms with E-state index >= 15 is 0 Å². The van der Waals surface area contributed by atoms with Gasteiger partial charge < -0.3 is 20.5 Å². The first-order valence-electron chi connectivity index (χ1n) is 11.5. The predicted molar refractivity (Wildman–Crippen MR) is 123 cm³/mol. The second-order valence-electron chi connectivity index (χ2n) is 9.04. The van der Waals surface area contributed by atoms with Gasteiger partial charge >= 0.3 is 0 Å². The van der Waals surface area contributed by atoms with Crippen LogP contribution in [0.15, 0.2) is 12.1 Å². The first kappa shape index (κ1) is 25.9. The molecule has 0 saturated carbocycles. The maximum Gasteiger partial charge on any atom is 0.264 e. The van der Waals surface area contributed by atoms with Gasteiger partial charge in [-0.15, -0.1) is 0 Å². The molecule has 4 amide bonds. The Morgan fingerprint density at radius 1 is 1.17 bits per heavy atom. The van der Waals surface area contributed by atoms with Gasteiger partial charge in [-0.25, -0.2) is 5.01 Å². The summed E-state index contributed by atoms with van der Waals surface area (Å²) in [6.07, 6.45) is 1.06. The van der Waals surface area contributed by atoms with Gasteiger partial charge in [0.15, 0.2) is 0 Å². The van der Waals surface area contributed by atoms with E-state index < -0.39 is 35.8 Å². The van der Waals surface area contributed by atoms with Crippen molar-refractivity contribution in [2.45, 2.75) is 71.0 Å². The number of ketones is 1. The van der Waals surface area contributed by atoms with Crippen LogP contribution < -0.4 is 10.6 Å². The molecule has 2 aliphatic heterocycles. The van der Waals surface area contributed by atoms with Gasteiger partial charge in [-0.2, -0.15) is 0 Å². The Bertz CT molecular complexity index is 1050. The average Bonchev–Trinajstić information content (AvgIpc) is 2.93. The SMILES string of the molecule is CC(=O)C[C@@H](C=O)NC(=O)[C@@H]1CCCN2C(=O)CC[C@H](NC(=O)c3cc(C)c(O)c(C)c3)C(=O)N12. The van der Waals surface area contributed by atoms with Gasteiger partial charge in [-0.05, 0) is 63.3 Å². The molecule has 1 aromatic carbocycles. The number of aryl methyl sites for hydroxylation is 2. The van der Waals surface area contributed by atoms with Crippen LogP contribution in [0.4, 0.5) is 0 Å². The van der Waals surface area contributed by atoms with Crippen molar-refractivity contribution in [3.63, 3.8) is 0 Å². The minimum atomic E-state index is -1.06. The number of carbonyl (C=O) groups excluding carboxylic acids is 6. The number of phenols is 1. The van der Waals surface area contributed by atoms with Gasteiger partial charge in [0.05, 0.1) is 6.04 Å². The molecule has 1 aromatic rings. The number of hydrogen-bond donors (Lipinski definition) is 3. The number of fused-ring (bicyclic) bond motifs is 1. The van der Waals surface area contributed by atoms with E-state index in [0.717, 1.165) is 5.01 Å². The van der Waals surface area contributed by atoms with Crippen LogP contribution in [0.3, 0.4) is 0 Å². The average molecular weight is 487 g/mol. The van der Waals surface area contributed by atoms with Gasteiger partial charge in [0.2, 0.25) is 11.8 Å². The Kier molecular flexibility index (Phi) is 7.88. The number of Topliss-reactive ketones (excluding diaryl/α,β-unsaturated/α-hetero) is 1. The summed E-state index contributed by atoms with van der Waals surface area (Å²) in [7, 11) is 0. The molecule has 3 rings (SSSR count). The Balaban J connectivity index is 1.83. The Morgan fingerprint density at radius 3 is 2.43 bits per heavy atom. The summed E-state index contributed by atoms with van der Waals surface area (Å²) in [5, 5.41) is 17.4. The first-order chi connectivity index (χ1) is 16.5. The fraction of sp³-hybridized carbons (Fsp3) is 0.500. The summed E-state index contributed by atoms with van der Waals surface area (Å²) >= 11 is 0. The normalized spacial score (nSPS) is 21.0. The molecule has 3 N–H and O–H groups in total. The van der Waals surface area contributed by atoms with Crippen LogP contribution in [0.1, 0.15) is 60.5 Å². The summed E-state index contributed by atoms with van der Waals surface area (Å²) in [6.45, 7) is 4.85. The number of hydrazine groups is 1. The number of nitrogens with zero attached hydrogens (tertiary/aromatic N) is 2. The lowest BCUT2D eigenvalue weighted by Gasteiger charge is -2.43. The number of benzene rings is 1. The highest BCUT2D eigenvalue weighted by atomic mass is 16.3. The Labute approximate surface area is 202 Å². The van der Waals surface area contributed by atoms with Gasteiger partial charge in [0.1, 0.15) is 29.9 Å². The smallest absolute Gasteiger partial charge is 0.264 e. The first-order valence-corrected chi connectivity index (χ1v) is 11.5. The minimum Gasteiger partial charge on any atom is -0.507 e. The number of rotatable bonds is 7. The summed E-state index contributed by atoms with van der Waals surface area (Å²) < 4.78 is 0. The van der Waals surface area contributed by atoms with Crippen molar-refractivity contribution in [3.8, 4) is 5.75 Å². The molecule has 0 spiro atoms. The zero-order chi connectivity index (χ0) is 25.9. The van der Waals surface area contributed by atoms with Crippen molar-refractivity contribution in [1.82, 2.24) is 20.7 Å². The molecule has 2 heterocycles. The summed E-state index contributed by atoms with van der Waals surface area (Å²) in [4.78, 5) is 74.9. The van der Waals surface area contributed by atoms with Crippen molar-refractivity contribution in [2.75, 3.05) is 6.54 Å². The monoisotopic (exact) mass is 486 g/mol. The molecule has 11 nitrogen and oxygen atoms in total. The van der Waals surface area contributed by atoms with Crippen LogP contribution in [0, 0.1) is 13.8 Å². The molecule has 35 heavy (non-hydrogen) atoms. The minimum absolute atomic E-state index is 0.00351. The highest BCUT2D eigenvalue weighted by molar-refractivity contribution is 6.00. The van der Waals surface area contributed by atoms with E-state index in [2.05, 4.69) is 10.6 Å². The number of amides is 4. The lowest BCUT2D eigenvalue weighted by molar-refractivity contribution is -0.176. The van der Waals surface area contributed by atoms with Gasteiger partial charge in [-0.1, -0.05) is 0 Å². The second kappa shape index (κ2) is 10.7. The number of carbonyl (C=O) groups is 6. The van der Waals surface area contributed by atoms with Crippen molar-refractivity contribution in [2.24, 2.45) is 0 Å². The van der Waals surface area contributed by atoms with E-state index in [1.807, 2.05) is 0 Å². The van der Waals surface area contributed by atoms with Crippen LogP contribution in [0.5, 0.6) is 5.75 Å². The molecule has 3 atom stereocenters. The lowest BCUT2D eigenvalue weighted by atomic mass is 10.0. The van der Waals surface area contributed by atoms with Crippen molar-refractivity contribution in [3.05, 3.63) is 28.8 Å². The molecule has 0 aromatic heterocycles. The zero-order valence-electron chi connectivity index (χ0n) is 20.0. The molecule has 11 heteroatoms. The maximum absolute atomic E-state index is 13.5. The molecule has 188 valence electrons. The van der Waals surface area contributed by atoms with Crippen LogP contribution >= 0.6 is 0 Å². The molecule has 0 unspecified atom stereocenters. The van der Waals surface area contributed by atoms with Gasteiger partial charge in [0, 0.05) is 24.9 Å². The standard InChI is InChI=1S/C24H30N4O7/c1-13-9-16(10-14(2)21(13)32)22(33)26-18-6-7-20(31)27-8-4-5-19(28(27)24(18)35)23(34)25-17(12-29)11-15(3)30/h9-10,12,17-19,32H,4-8,11H2,1-3H3,(H,25,34)(H,26,33)/t17-,18-,19-/m0/s1. The summed E-state index contributed by atoms with van der Waals surface area (Å²) in [6, 6.07) is -0.155. The Morgan fingerprint density at radius 2 is 1.83 bits per heavy atom. The van der Waals surface area contributed by atoms with Crippen molar-refractivity contribution < 1.29 is 33.9 Å². The van der Waals surface area contributed by atoms with Crippen molar-refractivity contribution >= 4 is 35.7 Å². The molecular formula is C24H30N4O7. The predicted octanol–water partition coefficient (Wildman–Crippen LogP) is 0.299. The molecule has 0 radical (unpaired) electrons. The largest absolute Gasteiger partial charge is 0.507 e. The third-order valence-electron chi connectivity index (χ3n) is 6.22. The highest BCUT2D eigenvalue weighted by Crippen LogP contribution is 2.26. The topological polar surface area (TPSA) is 153 Å². The summed E-state index contributed by atoms with van der Waals surface area (Å²) in [5.74, 6) is -2.35. The molecule has 0 aliphatic carbocycles. The van der Waals surface area contributed by atoms with Gasteiger partial charge in [-0.3, -0.25) is 29.0 Å². The number of aromatic hydroxyl groups is 1. The zero-order valence-corrected chi connectivity index (χ0v) is 20.0. The van der Waals surface area contributed by atoms with Crippen LogP contribution in [-0.2, 0) is 24.0 Å². The third kappa shape index (κ3) is 5.67. The van der Waals surface area contributed by atoms with E-state index in [9.17, 15) is 33.9 Å². The van der Waals surface area contributed by atoms with Crippen LogP contribution in [0.25, 0.3) is 0 Å².